The maximum Gasteiger partial charge on any atom is 0.371 e. The molecule has 2 aromatic heterocycles. The summed E-state index contributed by atoms with van der Waals surface area (Å²) in [4.78, 5) is 37.9. The summed E-state index contributed by atoms with van der Waals surface area (Å²) in [5, 5.41) is 9.44. The van der Waals surface area contributed by atoms with E-state index >= 15 is 0 Å². The number of fused-ring (bicyclic) bond motifs is 3. The van der Waals surface area contributed by atoms with E-state index in [1.165, 1.54) is 0 Å². The van der Waals surface area contributed by atoms with Gasteiger partial charge in [-0.2, -0.15) is 0 Å². The summed E-state index contributed by atoms with van der Waals surface area (Å²) < 4.78 is 5.34. The molecule has 2 N–H and O–H groups in total. The molecule has 3 aromatic rings. The second kappa shape index (κ2) is 5.72. The lowest BCUT2D eigenvalue weighted by molar-refractivity contribution is 0.0663. The molecule has 0 aliphatic rings. The minimum Gasteiger partial charge on any atom is -0.475 e. The van der Waals surface area contributed by atoms with Crippen LogP contribution in [-0.4, -0.2) is 16.1 Å². The van der Waals surface area contributed by atoms with Crippen molar-refractivity contribution < 1.29 is 14.3 Å². The summed E-state index contributed by atoms with van der Waals surface area (Å²) in [6, 6.07) is 6.30. The number of H-pyrrole nitrogens is 1. The maximum atomic E-state index is 12.1. The van der Waals surface area contributed by atoms with Crippen molar-refractivity contribution in [1.82, 2.24) is 4.98 Å². The molecule has 0 amide bonds. The van der Waals surface area contributed by atoms with Crippen molar-refractivity contribution in [3.8, 4) is 0 Å². The van der Waals surface area contributed by atoms with Gasteiger partial charge in [0, 0.05) is 11.5 Å². The zero-order valence-electron chi connectivity index (χ0n) is 12.5. The van der Waals surface area contributed by atoms with E-state index < -0.39 is 22.7 Å². The predicted molar refractivity (Wildman–Crippen MR) is 86.2 cm³/mol. The molecule has 0 fully saturated rings. The smallest absolute Gasteiger partial charge is 0.371 e. The van der Waals surface area contributed by atoms with E-state index in [-0.39, 0.29) is 11.0 Å². The Morgan fingerprint density at radius 2 is 2.04 bits per heavy atom. The van der Waals surface area contributed by atoms with Crippen molar-refractivity contribution >= 4 is 27.8 Å². The van der Waals surface area contributed by atoms with Crippen molar-refractivity contribution in [3.05, 3.63) is 56.2 Å². The average molecular weight is 313 g/mol. The first-order valence-electron chi connectivity index (χ1n) is 7.37. The van der Waals surface area contributed by atoms with Crippen LogP contribution >= 0.6 is 0 Å². The molecule has 0 aliphatic heterocycles. The lowest BCUT2D eigenvalue weighted by atomic mass is 10.0. The van der Waals surface area contributed by atoms with Gasteiger partial charge in [-0.25, -0.2) is 4.79 Å². The lowest BCUT2D eigenvalue weighted by Crippen LogP contribution is -2.17. The van der Waals surface area contributed by atoms with Crippen LogP contribution < -0.4 is 11.0 Å². The number of aromatic nitrogens is 1. The van der Waals surface area contributed by atoms with Gasteiger partial charge in [0.2, 0.25) is 5.76 Å². The van der Waals surface area contributed by atoms with E-state index in [1.54, 1.807) is 6.07 Å². The number of carboxylic acid groups (broad SMARTS) is 1. The van der Waals surface area contributed by atoms with Crippen LogP contribution in [0.5, 0.6) is 0 Å². The molecule has 0 bridgehead atoms. The Labute approximate surface area is 130 Å². The molecule has 6 heteroatoms. The summed E-state index contributed by atoms with van der Waals surface area (Å²) in [6.45, 7) is 2.09. The summed E-state index contributed by atoms with van der Waals surface area (Å²) in [5.74, 6) is -1.83. The van der Waals surface area contributed by atoms with Crippen molar-refractivity contribution in [3.63, 3.8) is 0 Å². The van der Waals surface area contributed by atoms with E-state index in [4.69, 9.17) is 9.52 Å². The second-order valence-corrected chi connectivity index (χ2v) is 5.42. The number of hydrogen-bond acceptors (Lipinski definition) is 4. The van der Waals surface area contributed by atoms with E-state index in [0.717, 1.165) is 30.9 Å². The third-order valence-electron chi connectivity index (χ3n) is 3.78. The van der Waals surface area contributed by atoms with Gasteiger partial charge in [0.1, 0.15) is 5.39 Å². The van der Waals surface area contributed by atoms with Crippen molar-refractivity contribution in [2.45, 2.75) is 26.2 Å². The number of carboxylic acids is 1. The van der Waals surface area contributed by atoms with Crippen LogP contribution in [0.3, 0.4) is 0 Å². The van der Waals surface area contributed by atoms with Gasteiger partial charge in [0.15, 0.2) is 11.0 Å². The highest BCUT2D eigenvalue weighted by Crippen LogP contribution is 2.22. The Bertz CT molecular complexity index is 1030. The van der Waals surface area contributed by atoms with E-state index in [0.29, 0.717) is 10.9 Å². The number of benzene rings is 1. The number of aromatic carboxylic acids is 1. The molecule has 118 valence electrons. The molecule has 0 spiro atoms. The maximum absolute atomic E-state index is 12.1. The average Bonchev–Trinajstić information content (AvgIpc) is 2.52. The molecule has 3 rings (SSSR count). The fraction of sp³-hybridized carbons (Fsp3) is 0.235. The molecule has 0 aliphatic carbocycles. The van der Waals surface area contributed by atoms with Gasteiger partial charge in [0.05, 0.1) is 5.52 Å². The van der Waals surface area contributed by atoms with Crippen LogP contribution in [0, 0.1) is 0 Å². The number of carbonyl (C=O) groups is 1. The van der Waals surface area contributed by atoms with Gasteiger partial charge in [-0.05, 0) is 30.5 Å². The molecule has 2 heterocycles. The monoisotopic (exact) mass is 313 g/mol. The van der Waals surface area contributed by atoms with Crippen LogP contribution in [0.15, 0.2) is 38.3 Å². The Balaban J connectivity index is 2.40. The van der Waals surface area contributed by atoms with Gasteiger partial charge in [-0.3, -0.25) is 9.59 Å². The number of pyridine rings is 1. The molecule has 0 saturated heterocycles. The van der Waals surface area contributed by atoms with Crippen molar-refractivity contribution in [2.75, 3.05) is 0 Å². The lowest BCUT2D eigenvalue weighted by Gasteiger charge is -2.06. The van der Waals surface area contributed by atoms with Gasteiger partial charge < -0.3 is 14.5 Å². The van der Waals surface area contributed by atoms with Crippen LogP contribution in [0.2, 0.25) is 0 Å². The molecule has 0 unspecified atom stereocenters. The minimum absolute atomic E-state index is 0.0204. The Hall–Kier alpha value is -2.89. The topological polar surface area (TPSA) is 100 Å². The van der Waals surface area contributed by atoms with Crippen LogP contribution in [-0.2, 0) is 6.42 Å². The van der Waals surface area contributed by atoms with Crippen LogP contribution in [0.1, 0.15) is 35.9 Å². The zero-order chi connectivity index (χ0) is 16.6. The van der Waals surface area contributed by atoms with Gasteiger partial charge >= 0.3 is 5.97 Å². The van der Waals surface area contributed by atoms with E-state index in [1.807, 2.05) is 12.1 Å². The summed E-state index contributed by atoms with van der Waals surface area (Å²) >= 11 is 0. The minimum atomic E-state index is -1.35. The number of nitrogens with one attached hydrogen (secondary N) is 1. The Morgan fingerprint density at radius 1 is 1.26 bits per heavy atom. The van der Waals surface area contributed by atoms with E-state index in [9.17, 15) is 14.4 Å². The standard InChI is InChI=1S/C17H15NO5/c1-2-3-4-9-5-6-11-10(7-9)15-14(16(20)18-11)12(19)8-13(23-15)17(21)22/h5-8H,2-4H2,1H3,(H,18,20)(H,21,22). The first-order valence-corrected chi connectivity index (χ1v) is 7.37. The number of rotatable bonds is 4. The van der Waals surface area contributed by atoms with Gasteiger partial charge in [0.25, 0.3) is 5.56 Å². The molecule has 23 heavy (non-hydrogen) atoms. The van der Waals surface area contributed by atoms with Gasteiger partial charge in [-0.15, -0.1) is 0 Å². The zero-order valence-corrected chi connectivity index (χ0v) is 12.5. The first kappa shape index (κ1) is 15.0. The molecular formula is C17H15NO5. The van der Waals surface area contributed by atoms with Crippen LogP contribution in [0.25, 0.3) is 21.9 Å². The normalized spacial score (nSPS) is 11.2. The molecule has 1 aromatic carbocycles. The quantitative estimate of drug-likeness (QED) is 0.721. The van der Waals surface area contributed by atoms with Crippen LogP contribution in [0.4, 0.5) is 0 Å². The van der Waals surface area contributed by atoms with Gasteiger partial charge in [-0.1, -0.05) is 19.4 Å². The summed E-state index contributed by atoms with van der Waals surface area (Å²) in [6.07, 6.45) is 2.91. The SMILES string of the molecule is CCCCc1ccc2[nH]c(=O)c3c(=O)cc(C(=O)O)oc3c2c1. The first-order chi connectivity index (χ1) is 11.0. The summed E-state index contributed by atoms with van der Waals surface area (Å²) in [5.41, 5.74) is 0.321. The van der Waals surface area contributed by atoms with Crippen molar-refractivity contribution in [1.29, 1.82) is 0 Å². The molecular weight excluding hydrogens is 298 g/mol. The van der Waals surface area contributed by atoms with Crippen molar-refractivity contribution in [2.24, 2.45) is 0 Å². The summed E-state index contributed by atoms with van der Waals surface area (Å²) in [7, 11) is 0. The third kappa shape index (κ3) is 2.63. The fourth-order valence-electron chi connectivity index (χ4n) is 2.61. The molecule has 6 nitrogen and oxygen atoms in total. The predicted octanol–water partition coefficient (Wildman–Crippen LogP) is 2.68. The number of aryl methyl sites for hydroxylation is 1. The Morgan fingerprint density at radius 3 is 2.74 bits per heavy atom. The Kier molecular flexibility index (Phi) is 3.73. The highest BCUT2D eigenvalue weighted by molar-refractivity contribution is 6.02. The molecule has 0 saturated carbocycles. The third-order valence-corrected chi connectivity index (χ3v) is 3.78. The largest absolute Gasteiger partial charge is 0.475 e. The number of unbranched alkanes of at least 4 members (excludes halogenated alkanes) is 1. The molecule has 0 atom stereocenters. The van der Waals surface area contributed by atoms with E-state index in [2.05, 4.69) is 11.9 Å². The molecule has 0 radical (unpaired) electrons. The number of aromatic amines is 1. The second-order valence-electron chi connectivity index (χ2n) is 5.42. The highest BCUT2D eigenvalue weighted by Gasteiger charge is 2.16. The number of hydrogen-bond donors (Lipinski definition) is 2. The fourth-order valence-corrected chi connectivity index (χ4v) is 2.61. The highest BCUT2D eigenvalue weighted by atomic mass is 16.4.